The SMILES string of the molecule is NC(=O)CCNC(=O)C1=CC(NS(=O)(=O)c2cccs2)C(O)C(O)C1. The summed E-state index contributed by atoms with van der Waals surface area (Å²) in [5, 5.41) is 24.0. The summed E-state index contributed by atoms with van der Waals surface area (Å²) in [4.78, 5) is 22.8. The van der Waals surface area contributed by atoms with Gasteiger partial charge in [0.1, 0.15) is 10.3 Å². The van der Waals surface area contributed by atoms with E-state index in [1.807, 2.05) is 0 Å². The van der Waals surface area contributed by atoms with Gasteiger partial charge in [0.25, 0.3) is 10.0 Å². The lowest BCUT2D eigenvalue weighted by Gasteiger charge is -2.30. The van der Waals surface area contributed by atoms with Crippen LogP contribution >= 0.6 is 11.3 Å². The summed E-state index contributed by atoms with van der Waals surface area (Å²) in [7, 11) is -3.89. The van der Waals surface area contributed by atoms with Crippen LogP contribution in [-0.4, -0.2) is 55.2 Å². The van der Waals surface area contributed by atoms with Crippen LogP contribution < -0.4 is 15.8 Å². The molecular weight excluding hydrogens is 370 g/mol. The van der Waals surface area contributed by atoms with E-state index in [1.54, 1.807) is 11.4 Å². The Kier molecular flexibility index (Phi) is 6.30. The molecule has 9 nitrogen and oxygen atoms in total. The first-order valence-electron chi connectivity index (χ1n) is 7.40. The normalized spacial score (nSPS) is 23.8. The second-order valence-corrected chi connectivity index (χ2v) is 8.39. The van der Waals surface area contributed by atoms with Crippen molar-refractivity contribution >= 4 is 33.2 Å². The van der Waals surface area contributed by atoms with Crippen molar-refractivity contribution in [1.82, 2.24) is 10.0 Å². The Morgan fingerprint density at radius 3 is 2.68 bits per heavy atom. The number of carbonyl (C=O) groups is 2. The largest absolute Gasteiger partial charge is 0.390 e. The number of primary amides is 1. The molecule has 2 rings (SSSR count). The summed E-state index contributed by atoms with van der Waals surface area (Å²) < 4.78 is 26.9. The third-order valence-electron chi connectivity index (χ3n) is 3.57. The van der Waals surface area contributed by atoms with Crippen LogP contribution in [-0.2, 0) is 19.6 Å². The maximum Gasteiger partial charge on any atom is 0.250 e. The maximum absolute atomic E-state index is 12.3. The molecular formula is C14H19N3O6S2. The molecule has 0 saturated carbocycles. The first-order chi connectivity index (χ1) is 11.7. The molecule has 1 heterocycles. The molecule has 1 aromatic heterocycles. The second-order valence-electron chi connectivity index (χ2n) is 5.51. The molecule has 1 aromatic rings. The summed E-state index contributed by atoms with van der Waals surface area (Å²) >= 11 is 1.00. The third kappa shape index (κ3) is 5.09. The molecule has 138 valence electrons. The van der Waals surface area contributed by atoms with E-state index in [2.05, 4.69) is 10.0 Å². The Labute approximate surface area is 148 Å². The summed E-state index contributed by atoms with van der Waals surface area (Å²) in [5.41, 5.74) is 5.09. The van der Waals surface area contributed by atoms with Crippen molar-refractivity contribution in [2.24, 2.45) is 5.73 Å². The van der Waals surface area contributed by atoms with E-state index in [0.29, 0.717) is 0 Å². The quantitative estimate of drug-likeness (QED) is 0.379. The Balaban J connectivity index is 2.13. The summed E-state index contributed by atoms with van der Waals surface area (Å²) in [6.07, 6.45) is -1.61. The number of carbonyl (C=O) groups excluding carboxylic acids is 2. The predicted molar refractivity (Wildman–Crippen MR) is 90.0 cm³/mol. The van der Waals surface area contributed by atoms with Crippen LogP contribution in [0.4, 0.5) is 0 Å². The van der Waals surface area contributed by atoms with Crippen LogP contribution in [0.1, 0.15) is 12.8 Å². The zero-order valence-electron chi connectivity index (χ0n) is 13.1. The van der Waals surface area contributed by atoms with E-state index < -0.39 is 40.1 Å². The number of nitrogens with one attached hydrogen (secondary N) is 2. The van der Waals surface area contributed by atoms with Gasteiger partial charge in [-0.25, -0.2) is 13.1 Å². The molecule has 0 spiro atoms. The number of amides is 2. The van der Waals surface area contributed by atoms with Crippen molar-refractivity contribution in [2.75, 3.05) is 6.54 Å². The van der Waals surface area contributed by atoms with Gasteiger partial charge in [-0.3, -0.25) is 9.59 Å². The van der Waals surface area contributed by atoms with Crippen LogP contribution in [0, 0.1) is 0 Å². The highest BCUT2D eigenvalue weighted by atomic mass is 32.2. The van der Waals surface area contributed by atoms with Crippen LogP contribution in [0.5, 0.6) is 0 Å². The van der Waals surface area contributed by atoms with E-state index >= 15 is 0 Å². The molecule has 2 amide bonds. The molecule has 3 atom stereocenters. The van der Waals surface area contributed by atoms with Crippen molar-refractivity contribution < 1.29 is 28.2 Å². The molecule has 0 fully saturated rings. The highest BCUT2D eigenvalue weighted by molar-refractivity contribution is 7.91. The summed E-state index contributed by atoms with van der Waals surface area (Å²) in [5.74, 6) is -1.14. The van der Waals surface area contributed by atoms with E-state index in [9.17, 15) is 28.2 Å². The number of nitrogens with two attached hydrogens (primary N) is 1. The Morgan fingerprint density at radius 1 is 1.36 bits per heavy atom. The van der Waals surface area contributed by atoms with Gasteiger partial charge in [0.2, 0.25) is 11.8 Å². The number of sulfonamides is 1. The fourth-order valence-electron chi connectivity index (χ4n) is 2.31. The fourth-order valence-corrected chi connectivity index (χ4v) is 4.51. The second kappa shape index (κ2) is 8.06. The Morgan fingerprint density at radius 2 is 2.08 bits per heavy atom. The first kappa shape index (κ1) is 19.5. The zero-order chi connectivity index (χ0) is 18.6. The topological polar surface area (TPSA) is 159 Å². The smallest absolute Gasteiger partial charge is 0.250 e. The van der Waals surface area contributed by atoms with Crippen molar-refractivity contribution in [2.45, 2.75) is 35.3 Å². The van der Waals surface area contributed by atoms with Crippen LogP contribution in [0.3, 0.4) is 0 Å². The number of thiophene rings is 1. The number of hydrogen-bond acceptors (Lipinski definition) is 7. The summed E-state index contributed by atoms with van der Waals surface area (Å²) in [6, 6.07) is 1.81. The molecule has 3 unspecified atom stereocenters. The summed E-state index contributed by atoms with van der Waals surface area (Å²) in [6.45, 7) is 0.0236. The van der Waals surface area contributed by atoms with Crippen LogP contribution in [0.2, 0.25) is 0 Å². The van der Waals surface area contributed by atoms with E-state index in [1.165, 1.54) is 12.1 Å². The third-order valence-corrected chi connectivity index (χ3v) is 6.43. The predicted octanol–water partition coefficient (Wildman–Crippen LogP) is -1.56. The minimum atomic E-state index is -3.89. The van der Waals surface area contributed by atoms with E-state index in [0.717, 1.165) is 11.3 Å². The van der Waals surface area contributed by atoms with Gasteiger partial charge in [0.05, 0.1) is 12.1 Å². The standard InChI is InChI=1S/C14H19N3O6S2/c15-11(19)3-4-16-14(21)8-6-9(13(20)10(18)7-8)17-25(22,23)12-2-1-5-24-12/h1-2,5-6,9-10,13,17-18,20H,3-4,7H2,(H2,15,19)(H,16,21). The number of rotatable bonds is 7. The lowest BCUT2D eigenvalue weighted by Crippen LogP contribution is -2.50. The molecule has 0 bridgehead atoms. The molecule has 0 saturated heterocycles. The van der Waals surface area contributed by atoms with Gasteiger partial charge in [-0.2, -0.15) is 0 Å². The molecule has 0 aromatic carbocycles. The molecule has 0 aliphatic heterocycles. The number of aliphatic hydroxyl groups is 2. The average Bonchev–Trinajstić information content (AvgIpc) is 3.06. The average molecular weight is 389 g/mol. The zero-order valence-corrected chi connectivity index (χ0v) is 14.7. The van der Waals surface area contributed by atoms with Crippen molar-refractivity contribution in [3.63, 3.8) is 0 Å². The fraction of sp³-hybridized carbons (Fsp3) is 0.429. The lowest BCUT2D eigenvalue weighted by molar-refractivity contribution is -0.119. The van der Waals surface area contributed by atoms with Gasteiger partial charge >= 0.3 is 0 Å². The highest BCUT2D eigenvalue weighted by Gasteiger charge is 2.35. The van der Waals surface area contributed by atoms with E-state index in [-0.39, 0.29) is 29.2 Å². The molecule has 11 heteroatoms. The molecule has 1 aliphatic carbocycles. The van der Waals surface area contributed by atoms with Crippen molar-refractivity contribution in [3.8, 4) is 0 Å². The van der Waals surface area contributed by atoms with Gasteiger partial charge in [0, 0.05) is 25.0 Å². The minimum absolute atomic E-state index is 0.0236. The molecule has 1 aliphatic rings. The monoisotopic (exact) mass is 389 g/mol. The van der Waals surface area contributed by atoms with E-state index in [4.69, 9.17) is 5.73 Å². The molecule has 0 radical (unpaired) electrons. The van der Waals surface area contributed by atoms with Gasteiger partial charge < -0.3 is 21.3 Å². The van der Waals surface area contributed by atoms with Crippen molar-refractivity contribution in [3.05, 3.63) is 29.2 Å². The van der Waals surface area contributed by atoms with Crippen LogP contribution in [0.15, 0.2) is 33.4 Å². The van der Waals surface area contributed by atoms with Gasteiger partial charge in [0.15, 0.2) is 0 Å². The number of hydrogen-bond donors (Lipinski definition) is 5. The molecule has 25 heavy (non-hydrogen) atoms. The molecule has 6 N–H and O–H groups in total. The van der Waals surface area contributed by atoms with Crippen molar-refractivity contribution in [1.29, 1.82) is 0 Å². The Bertz CT molecular complexity index is 760. The maximum atomic E-state index is 12.3. The van der Waals surface area contributed by atoms with Gasteiger partial charge in [-0.15, -0.1) is 11.3 Å². The lowest BCUT2D eigenvalue weighted by atomic mass is 9.90. The Hall–Kier alpha value is -1.79. The minimum Gasteiger partial charge on any atom is -0.390 e. The first-order valence-corrected chi connectivity index (χ1v) is 9.76. The highest BCUT2D eigenvalue weighted by Crippen LogP contribution is 2.23. The van der Waals surface area contributed by atoms with Crippen LogP contribution in [0.25, 0.3) is 0 Å². The van der Waals surface area contributed by atoms with Gasteiger partial charge in [-0.1, -0.05) is 12.1 Å². The van der Waals surface area contributed by atoms with Gasteiger partial charge in [-0.05, 0) is 11.4 Å². The number of aliphatic hydroxyl groups excluding tert-OH is 2.